The largest absolute Gasteiger partial charge is 2.00 e. The molecule has 5 nitrogen and oxygen atoms in total. The molecule has 7 aromatic carbocycles. The van der Waals surface area contributed by atoms with Gasteiger partial charge in [0.1, 0.15) is 5.82 Å². The van der Waals surface area contributed by atoms with Crippen LogP contribution in [0.5, 0.6) is 0 Å². The Balaban J connectivity index is 0.00000490. The molecule has 10 rings (SSSR count). The van der Waals surface area contributed by atoms with E-state index in [4.69, 9.17) is 9.97 Å². The number of benzene rings is 7. The molecule has 0 saturated carbocycles. The second-order valence-corrected chi connectivity index (χ2v) is 17.1. The molecule has 0 saturated heterocycles. The monoisotopic (exact) mass is 985 g/mol. The summed E-state index contributed by atoms with van der Waals surface area (Å²) in [5, 5.41) is 4.44. The van der Waals surface area contributed by atoms with Crippen LogP contribution in [0.4, 0.5) is 0 Å². The number of aryl methyl sites for hydroxylation is 1. The van der Waals surface area contributed by atoms with E-state index >= 15 is 0 Å². The summed E-state index contributed by atoms with van der Waals surface area (Å²) in [5.41, 5.74) is 24.0. The average molecular weight is 986 g/mol. The van der Waals surface area contributed by atoms with Crippen molar-refractivity contribution in [3.8, 4) is 28.2 Å². The number of nitrogens with one attached hydrogen (secondary N) is 1. The van der Waals surface area contributed by atoms with Gasteiger partial charge in [-0.1, -0.05) is 172 Å². The van der Waals surface area contributed by atoms with Crippen LogP contribution >= 0.6 is 0 Å². The Bertz CT molecular complexity index is 3340. The fraction of sp³-hybridized carbons (Fsp3) is 0.161. The number of hydrogen-bond donors (Lipinski definition) is 0. The van der Waals surface area contributed by atoms with Gasteiger partial charge in [-0.3, -0.25) is 4.57 Å². The number of fused-ring (bicyclic) bond motifs is 7. The molecule has 0 fully saturated rings. The fourth-order valence-electron chi connectivity index (χ4n) is 9.26. The molecular weight excluding hydrogens is 938 g/mol. The quantitative estimate of drug-likeness (QED) is 0.107. The molecule has 0 aliphatic carbocycles. The summed E-state index contributed by atoms with van der Waals surface area (Å²) in [7, 11) is 0. The van der Waals surface area contributed by atoms with Gasteiger partial charge in [0.25, 0.3) is 0 Å². The molecule has 3 aromatic heterocycles. The van der Waals surface area contributed by atoms with Gasteiger partial charge in [-0.2, -0.15) is 0 Å². The summed E-state index contributed by atoms with van der Waals surface area (Å²) >= 11 is 0. The molecule has 308 valence electrons. The molecule has 3 heterocycles. The molecule has 0 aliphatic rings. The van der Waals surface area contributed by atoms with Crippen molar-refractivity contribution in [3.05, 3.63) is 198 Å². The first-order chi connectivity index (χ1) is 29.6. The molecule has 0 amide bonds. The summed E-state index contributed by atoms with van der Waals surface area (Å²) in [6.45, 7) is 13.2. The van der Waals surface area contributed by atoms with Gasteiger partial charge < -0.3 is 15.3 Å². The molecule has 0 aliphatic heterocycles. The van der Waals surface area contributed by atoms with Gasteiger partial charge in [0, 0.05) is 22.2 Å². The zero-order valence-corrected chi connectivity index (χ0v) is 38.1. The Labute approximate surface area is 377 Å². The SMILES string of the molecule is C/C=C\C(=C/C([NH-])n1c2[c-]c(-c3ccc(C)c4c3nc(-c3cccc5c3[n-]c3ccccc35)n4-c3ccccc3)ccc2c2ccc(C(C)(C)c3ccccc3)cc21)C(C)C.[Pt+2]. The number of imidazole rings is 1. The van der Waals surface area contributed by atoms with Gasteiger partial charge in [-0.05, 0) is 88.1 Å². The number of para-hydroxylation sites is 3. The van der Waals surface area contributed by atoms with E-state index in [-0.39, 0.29) is 32.4 Å². The minimum Gasteiger partial charge on any atom is -0.656 e. The first-order valence-corrected chi connectivity index (χ1v) is 21.3. The van der Waals surface area contributed by atoms with E-state index in [1.165, 1.54) is 11.1 Å². The van der Waals surface area contributed by atoms with Crippen LogP contribution in [0.15, 0.2) is 169 Å². The van der Waals surface area contributed by atoms with E-state index in [1.807, 2.05) is 13.0 Å². The molecule has 1 atom stereocenters. The molecule has 0 bridgehead atoms. The van der Waals surface area contributed by atoms with E-state index in [2.05, 4.69) is 208 Å². The van der Waals surface area contributed by atoms with Crippen molar-refractivity contribution in [2.75, 3.05) is 0 Å². The third kappa shape index (κ3) is 6.76. The van der Waals surface area contributed by atoms with Gasteiger partial charge in [0.2, 0.25) is 0 Å². The Morgan fingerprint density at radius 2 is 1.45 bits per heavy atom. The van der Waals surface area contributed by atoms with E-state index < -0.39 is 6.17 Å². The van der Waals surface area contributed by atoms with Crippen molar-refractivity contribution in [3.63, 3.8) is 0 Å². The first kappa shape index (κ1) is 41.1. The number of allylic oxidation sites excluding steroid dienone is 3. The maximum absolute atomic E-state index is 9.86. The van der Waals surface area contributed by atoms with Crippen molar-refractivity contribution < 1.29 is 21.1 Å². The third-order valence-corrected chi connectivity index (χ3v) is 12.6. The standard InChI is InChI=1S/C56H48N5.Pt/c1-7-17-37(35(2)3)33-51(57)61-49-32-38(27-30-44(49)45-31-28-40(34-50(45)61)56(5,6)39-18-10-8-11-19-39)42-29-26-36(4)54-53(42)59-55(60(54)41-20-12-9-13-21-41)47-24-16-23-46-43-22-14-15-25-48(43)58-52(46)47;/h7-31,33-35,51,57H,1-6H3;/q-3;+2/b17-7-,37-33+;. The van der Waals surface area contributed by atoms with Crippen LogP contribution in [-0.4, -0.2) is 14.1 Å². The molecule has 0 spiro atoms. The summed E-state index contributed by atoms with van der Waals surface area (Å²) in [4.78, 5) is 10.8. The average Bonchev–Trinajstić information content (AvgIpc) is 3.97. The number of rotatable bonds is 9. The smallest absolute Gasteiger partial charge is 0.656 e. The topological polar surface area (TPSA) is 60.7 Å². The molecule has 10 aromatic rings. The minimum atomic E-state index is -0.690. The summed E-state index contributed by atoms with van der Waals surface area (Å²) in [6, 6.07) is 55.5. The normalized spacial score (nSPS) is 13.1. The minimum absolute atomic E-state index is 0. The number of aromatic nitrogens is 4. The Morgan fingerprint density at radius 3 is 2.21 bits per heavy atom. The predicted octanol–water partition coefficient (Wildman–Crippen LogP) is 14.9. The van der Waals surface area contributed by atoms with Crippen LogP contribution in [0.25, 0.3) is 88.6 Å². The van der Waals surface area contributed by atoms with Crippen LogP contribution < -0.4 is 4.98 Å². The zero-order valence-electron chi connectivity index (χ0n) is 35.8. The maximum Gasteiger partial charge on any atom is 2.00 e. The summed E-state index contributed by atoms with van der Waals surface area (Å²) in [6.07, 6.45) is 5.61. The van der Waals surface area contributed by atoms with Crippen molar-refractivity contribution >= 4 is 54.6 Å². The zero-order chi connectivity index (χ0) is 42.0. The first-order valence-electron chi connectivity index (χ1n) is 21.3. The third-order valence-electron chi connectivity index (χ3n) is 12.6. The van der Waals surface area contributed by atoms with Gasteiger partial charge in [-0.15, -0.1) is 34.8 Å². The van der Waals surface area contributed by atoms with Gasteiger partial charge in [0.15, 0.2) is 0 Å². The van der Waals surface area contributed by atoms with Gasteiger partial charge >= 0.3 is 21.1 Å². The summed E-state index contributed by atoms with van der Waals surface area (Å²) in [5.74, 6) is 1.11. The van der Waals surface area contributed by atoms with Crippen molar-refractivity contribution in [1.82, 2.24) is 19.1 Å². The maximum atomic E-state index is 9.86. The predicted molar refractivity (Wildman–Crippen MR) is 257 cm³/mol. The van der Waals surface area contributed by atoms with Gasteiger partial charge in [-0.25, -0.2) is 4.98 Å². The van der Waals surface area contributed by atoms with Crippen LogP contribution in [0, 0.1) is 18.9 Å². The van der Waals surface area contributed by atoms with E-state index in [9.17, 15) is 5.73 Å². The molecule has 62 heavy (non-hydrogen) atoms. The van der Waals surface area contributed by atoms with Crippen LogP contribution in [0.1, 0.15) is 57.5 Å². The molecular formula is C56H48N5Pt-. The second-order valence-electron chi connectivity index (χ2n) is 17.1. The van der Waals surface area contributed by atoms with Crippen molar-refractivity contribution in [2.45, 2.75) is 53.1 Å². The Kier molecular flexibility index (Phi) is 10.8. The van der Waals surface area contributed by atoms with E-state index in [0.717, 1.165) is 94.0 Å². The molecule has 1 N–H and O–H groups in total. The van der Waals surface area contributed by atoms with Crippen LogP contribution in [0.2, 0.25) is 0 Å². The fourth-order valence-corrected chi connectivity index (χ4v) is 9.26. The van der Waals surface area contributed by atoms with Gasteiger partial charge in [0.05, 0.1) is 11.0 Å². The molecule has 1 unspecified atom stereocenters. The Hall–Kier alpha value is -6.26. The van der Waals surface area contributed by atoms with E-state index in [1.54, 1.807) is 0 Å². The number of hydrogen-bond acceptors (Lipinski definition) is 1. The van der Waals surface area contributed by atoms with E-state index in [0.29, 0.717) is 0 Å². The Morgan fingerprint density at radius 1 is 0.742 bits per heavy atom. The number of nitrogens with zero attached hydrogens (tertiary/aromatic N) is 4. The summed E-state index contributed by atoms with van der Waals surface area (Å²) < 4.78 is 4.48. The van der Waals surface area contributed by atoms with Crippen LogP contribution in [-0.2, 0) is 26.5 Å². The van der Waals surface area contributed by atoms with Crippen molar-refractivity contribution in [1.29, 1.82) is 0 Å². The molecule has 6 heteroatoms. The second kappa shape index (κ2) is 16.2. The molecule has 0 radical (unpaired) electrons. The van der Waals surface area contributed by atoms with Crippen molar-refractivity contribution in [2.24, 2.45) is 5.92 Å². The van der Waals surface area contributed by atoms with Crippen LogP contribution in [0.3, 0.4) is 0 Å².